The van der Waals surface area contributed by atoms with E-state index in [1.807, 2.05) is 0 Å². The van der Waals surface area contributed by atoms with Crippen molar-refractivity contribution in [2.45, 2.75) is 30.3 Å². The minimum atomic E-state index is -0.433. The van der Waals surface area contributed by atoms with E-state index >= 15 is 0 Å². The zero-order chi connectivity index (χ0) is 17.1. The van der Waals surface area contributed by atoms with Gasteiger partial charge in [-0.25, -0.2) is 0 Å². The molecule has 0 radical (unpaired) electrons. The number of rotatable bonds is 3. The van der Waals surface area contributed by atoms with Crippen LogP contribution in [0.4, 0.5) is 0 Å². The van der Waals surface area contributed by atoms with Crippen LogP contribution in [0.25, 0.3) is 16.7 Å². The number of benzene rings is 2. The van der Waals surface area contributed by atoms with E-state index in [1.165, 1.54) is 35.1 Å². The average Bonchev–Trinajstić information content (AvgIpc) is 3.20. The van der Waals surface area contributed by atoms with Gasteiger partial charge in [-0.2, -0.15) is 0 Å². The molecular formula is C22H23ClZr. The van der Waals surface area contributed by atoms with Crippen LogP contribution in [-0.4, -0.2) is 6.38 Å². The van der Waals surface area contributed by atoms with Crippen LogP contribution in [0.3, 0.4) is 0 Å². The normalized spacial score (nSPS) is 14.4. The summed E-state index contributed by atoms with van der Waals surface area (Å²) in [5.74, 6) is 0. The van der Waals surface area contributed by atoms with E-state index in [1.54, 1.807) is 14.4 Å². The van der Waals surface area contributed by atoms with Crippen LogP contribution >= 0.6 is 11.6 Å². The Morgan fingerprint density at radius 1 is 0.917 bits per heavy atom. The molecule has 0 bridgehead atoms. The molecule has 0 fully saturated rings. The quantitative estimate of drug-likeness (QED) is 0.419. The molecule has 24 heavy (non-hydrogen) atoms. The number of fused-ring (bicyclic) bond motifs is 3. The fourth-order valence-corrected chi connectivity index (χ4v) is 6.86. The molecule has 0 amide bonds. The molecule has 0 spiro atoms. The Balaban J connectivity index is 0.000000815. The standard InChI is InChI=1S/C18H13.C3H7.CH3Cl.Zr/c1-2-7-13(6-1)15-10-5-11-17-16-9-4-3-8-14(16)12-18(15)17;1-3-2;1-2;/h1,3-6,8-11H,2,12H2;3H,1-2H3;1H3;. The predicted molar refractivity (Wildman–Crippen MR) is 102 cm³/mol. The monoisotopic (exact) mass is 412 g/mol. The van der Waals surface area contributed by atoms with Gasteiger partial charge in [0, 0.05) is 6.38 Å². The van der Waals surface area contributed by atoms with E-state index in [0.717, 1.165) is 10.0 Å². The fraction of sp³-hybridized carbons (Fsp3) is 0.273. The van der Waals surface area contributed by atoms with Gasteiger partial charge in [0.25, 0.3) is 0 Å². The summed E-state index contributed by atoms with van der Waals surface area (Å²) in [6, 6.07) is 15.8. The molecule has 122 valence electrons. The molecule has 0 atom stereocenters. The van der Waals surface area contributed by atoms with Crippen molar-refractivity contribution in [2.24, 2.45) is 0 Å². The van der Waals surface area contributed by atoms with E-state index in [2.05, 4.69) is 80.1 Å². The number of hydrogen-bond acceptors (Lipinski definition) is 0. The zero-order valence-corrected chi connectivity index (χ0v) is 17.8. The van der Waals surface area contributed by atoms with Crippen LogP contribution in [0, 0.1) is 0 Å². The summed E-state index contributed by atoms with van der Waals surface area (Å²) in [5.41, 5.74) is 8.98. The molecule has 2 heteroatoms. The van der Waals surface area contributed by atoms with Gasteiger partial charge in [0.15, 0.2) is 0 Å². The van der Waals surface area contributed by atoms with Crippen LogP contribution in [0.15, 0.2) is 57.9 Å². The zero-order valence-electron chi connectivity index (χ0n) is 14.6. The molecule has 0 nitrogen and oxygen atoms in total. The Kier molecular flexibility index (Phi) is 5.95. The first kappa shape index (κ1) is 17.9. The maximum atomic E-state index is 4.64. The van der Waals surface area contributed by atoms with Gasteiger partial charge < -0.3 is 0 Å². The van der Waals surface area contributed by atoms with Crippen LogP contribution in [0.1, 0.15) is 37.0 Å². The van der Waals surface area contributed by atoms with Gasteiger partial charge >= 0.3 is 145 Å². The minimum absolute atomic E-state index is 0.433. The van der Waals surface area contributed by atoms with Crippen molar-refractivity contribution in [1.82, 2.24) is 0 Å². The van der Waals surface area contributed by atoms with Crippen molar-refractivity contribution in [3.05, 3.63) is 74.6 Å². The Morgan fingerprint density at radius 2 is 1.62 bits per heavy atom. The summed E-state index contributed by atoms with van der Waals surface area (Å²) in [6.45, 7) is 4.78. The fourth-order valence-electron chi connectivity index (χ4n) is 3.65. The molecule has 2 aliphatic carbocycles. The summed E-state index contributed by atoms with van der Waals surface area (Å²) >= 11 is 4.21. The van der Waals surface area contributed by atoms with Gasteiger partial charge in [0.1, 0.15) is 0 Å². The SMILES string of the molecule is CCl.C[CH](C)[Zr][C]1=C(c2cccc3c2Cc2ccccc2-3)C=CC1. The molecule has 0 heterocycles. The molecule has 0 saturated carbocycles. The first-order chi connectivity index (χ1) is 11.7. The second kappa shape index (κ2) is 7.98. The third-order valence-corrected chi connectivity index (χ3v) is 7.97. The average molecular weight is 414 g/mol. The first-order valence-corrected chi connectivity index (χ1v) is 11.9. The Bertz CT molecular complexity index is 799. The Morgan fingerprint density at radius 3 is 2.42 bits per heavy atom. The number of allylic oxidation sites excluding steroid dienone is 4. The van der Waals surface area contributed by atoms with Gasteiger partial charge in [0.05, 0.1) is 0 Å². The molecule has 0 aliphatic heterocycles. The molecule has 0 N–H and O–H groups in total. The molecule has 4 rings (SSSR count). The van der Waals surface area contributed by atoms with Gasteiger partial charge in [-0.1, -0.05) is 0 Å². The topological polar surface area (TPSA) is 0 Å². The molecule has 0 saturated heterocycles. The van der Waals surface area contributed by atoms with Crippen LogP contribution in [0.2, 0.25) is 3.63 Å². The second-order valence-electron chi connectivity index (χ2n) is 6.46. The van der Waals surface area contributed by atoms with Crippen molar-refractivity contribution >= 4 is 17.2 Å². The summed E-state index contributed by atoms with van der Waals surface area (Å²) in [4.78, 5) is 0. The van der Waals surface area contributed by atoms with E-state index in [-0.39, 0.29) is 0 Å². The third-order valence-electron chi connectivity index (χ3n) is 4.54. The Labute approximate surface area is 162 Å². The van der Waals surface area contributed by atoms with Crippen LogP contribution in [-0.2, 0) is 29.7 Å². The second-order valence-corrected chi connectivity index (χ2v) is 11.5. The predicted octanol–water partition coefficient (Wildman–Crippen LogP) is 6.69. The van der Waals surface area contributed by atoms with Crippen molar-refractivity contribution in [3.63, 3.8) is 0 Å². The van der Waals surface area contributed by atoms with Gasteiger partial charge in [-0.15, -0.1) is 11.6 Å². The Hall–Kier alpha value is -0.907. The maximum absolute atomic E-state index is 4.64. The van der Waals surface area contributed by atoms with E-state index in [4.69, 9.17) is 0 Å². The first-order valence-electron chi connectivity index (χ1n) is 8.48. The molecule has 2 aliphatic rings. The van der Waals surface area contributed by atoms with Crippen LogP contribution < -0.4 is 0 Å². The number of alkyl halides is 1. The summed E-state index contributed by atoms with van der Waals surface area (Å²) in [7, 11) is 0. The molecular weight excluding hydrogens is 391 g/mol. The van der Waals surface area contributed by atoms with Crippen molar-refractivity contribution in [2.75, 3.05) is 6.38 Å². The molecule has 2 aromatic rings. The summed E-state index contributed by atoms with van der Waals surface area (Å²) < 4.78 is 2.67. The number of hydrogen-bond donors (Lipinski definition) is 0. The molecule has 0 aromatic heterocycles. The summed E-state index contributed by atoms with van der Waals surface area (Å²) in [5, 5.41) is 0. The van der Waals surface area contributed by atoms with Gasteiger partial charge in [-0.05, 0) is 0 Å². The van der Waals surface area contributed by atoms with E-state index in [0.29, 0.717) is 0 Å². The molecule has 0 unspecified atom stereocenters. The third kappa shape index (κ3) is 3.39. The van der Waals surface area contributed by atoms with Crippen molar-refractivity contribution in [3.8, 4) is 11.1 Å². The van der Waals surface area contributed by atoms with E-state index in [9.17, 15) is 0 Å². The van der Waals surface area contributed by atoms with Crippen molar-refractivity contribution < 1.29 is 23.2 Å². The van der Waals surface area contributed by atoms with Gasteiger partial charge in [-0.3, -0.25) is 0 Å². The summed E-state index contributed by atoms with van der Waals surface area (Å²) in [6.07, 6.45) is 8.53. The van der Waals surface area contributed by atoms with Crippen molar-refractivity contribution in [1.29, 1.82) is 0 Å². The van der Waals surface area contributed by atoms with Crippen LogP contribution in [0.5, 0.6) is 0 Å². The van der Waals surface area contributed by atoms with Gasteiger partial charge in [0.2, 0.25) is 0 Å². The molecule has 2 aromatic carbocycles. The van der Waals surface area contributed by atoms with E-state index < -0.39 is 23.2 Å². The number of halogens is 1.